The number of nitrogens with zero attached hydrogens (tertiary/aromatic N) is 2. The second kappa shape index (κ2) is 2.69. The Balaban J connectivity index is 2.30. The minimum absolute atomic E-state index is 1.58. The molecule has 0 aromatic heterocycles. The summed E-state index contributed by atoms with van der Waals surface area (Å²) in [5, 5.41) is 2.25. The minimum Gasteiger partial charge on any atom is -0.199 e. The Morgan fingerprint density at radius 1 is 2.00 bits per heavy atom. The van der Waals surface area contributed by atoms with Crippen molar-refractivity contribution in [2.75, 3.05) is 0 Å². The second-order valence-electron chi connectivity index (χ2n) is 0.185. The van der Waals surface area contributed by atoms with E-state index in [1.807, 2.05) is 0 Å². The molecular formula is HClN3. The van der Waals surface area contributed by atoms with Gasteiger partial charge in [0.2, 0.25) is 0 Å². The van der Waals surface area contributed by atoms with Gasteiger partial charge in [-0.25, -0.2) is 0 Å². The van der Waals surface area contributed by atoms with Gasteiger partial charge in [-0.05, 0) is 10.8 Å². The average molecular weight is 78.5 g/mol. The summed E-state index contributed by atoms with van der Waals surface area (Å²) < 4.78 is 0. The van der Waals surface area contributed by atoms with Crippen LogP contribution < -0.4 is 10.5 Å². The lowest BCUT2D eigenvalue weighted by molar-refractivity contribution is 0.982. The molecular weight excluding hydrogens is 77.5 g/mol. The second-order valence-corrected chi connectivity index (χ2v) is 0.354. The molecule has 0 aromatic rings. The van der Waals surface area contributed by atoms with Crippen molar-refractivity contribution in [3.8, 4) is 0 Å². The van der Waals surface area contributed by atoms with Gasteiger partial charge in [-0.3, -0.25) is 0 Å². The summed E-state index contributed by atoms with van der Waals surface area (Å²) in [6.45, 7) is 0. The van der Waals surface area contributed by atoms with Crippen molar-refractivity contribution in [2.24, 2.45) is 5.22 Å². The average Bonchev–Trinajstić information content (AvgIpc) is 1.37. The quantitative estimate of drug-likeness (QED) is 0.266. The van der Waals surface area contributed by atoms with Crippen LogP contribution in [0.1, 0.15) is 0 Å². The van der Waals surface area contributed by atoms with Crippen LogP contribution in [0.4, 0.5) is 0 Å². The van der Waals surface area contributed by atoms with Crippen molar-refractivity contribution in [2.45, 2.75) is 0 Å². The van der Waals surface area contributed by atoms with E-state index in [1.165, 1.54) is 0 Å². The van der Waals surface area contributed by atoms with Gasteiger partial charge in [-0.15, -0.1) is 0 Å². The number of hydrogen-bond acceptors (Lipinski definition) is 1. The van der Waals surface area contributed by atoms with Gasteiger partial charge in [-0.2, -0.15) is 4.94 Å². The predicted octanol–water partition coefficient (Wildman–Crippen LogP) is -0.103. The largest absolute Gasteiger partial charge is 0.199 e. The summed E-state index contributed by atoms with van der Waals surface area (Å²) in [5.74, 6) is 0. The Labute approximate surface area is 28.5 Å². The molecule has 1 radical (unpaired) electrons. The molecule has 1 N–H and O–H groups in total. The van der Waals surface area contributed by atoms with Gasteiger partial charge in [0.15, 0.2) is 0 Å². The number of halogens is 1. The first kappa shape index (κ1) is 3.69. The predicted molar refractivity (Wildman–Crippen MR) is 13.6 cm³/mol. The maximum absolute atomic E-state index is 7.26. The number of hydrogen-bond donors (Lipinski definition) is 1. The molecule has 0 fully saturated rings. The van der Waals surface area contributed by atoms with Crippen LogP contribution in [0.5, 0.6) is 0 Å². The SMILES string of the molecule is [N]=NNCl. The highest BCUT2D eigenvalue weighted by Crippen LogP contribution is 1.49. The molecule has 0 aromatic carbocycles. The van der Waals surface area contributed by atoms with E-state index >= 15 is 0 Å². The summed E-state index contributed by atoms with van der Waals surface area (Å²) in [5.41, 5.74) is 7.26. The van der Waals surface area contributed by atoms with Gasteiger partial charge < -0.3 is 0 Å². The van der Waals surface area contributed by atoms with Gasteiger partial charge in [0.25, 0.3) is 0 Å². The first-order valence-electron chi connectivity index (χ1n) is 0.613. The summed E-state index contributed by atoms with van der Waals surface area (Å²) in [6.07, 6.45) is 0. The third-order valence-corrected chi connectivity index (χ3v) is 0.113. The molecule has 0 amide bonds. The maximum Gasteiger partial charge on any atom is 0.0305 e. The highest BCUT2D eigenvalue weighted by Gasteiger charge is 1.42. The van der Waals surface area contributed by atoms with Gasteiger partial charge >= 0.3 is 0 Å². The molecule has 3 nitrogen and oxygen atoms in total. The van der Waals surface area contributed by atoms with Crippen LogP contribution in [0.25, 0.3) is 0 Å². The summed E-state index contributed by atoms with van der Waals surface area (Å²) >= 11 is 4.52. The lowest BCUT2D eigenvalue weighted by atomic mass is 12.8. The van der Waals surface area contributed by atoms with Crippen LogP contribution >= 0.6 is 11.8 Å². The first-order chi connectivity index (χ1) is 1.91. The van der Waals surface area contributed by atoms with Crippen molar-refractivity contribution in [1.29, 1.82) is 0 Å². The molecule has 0 spiro atoms. The summed E-state index contributed by atoms with van der Waals surface area (Å²) in [7, 11) is 0. The fraction of sp³-hybridized carbons (Fsp3) is 0. The third-order valence-electron chi connectivity index (χ3n) is 0.0378. The van der Waals surface area contributed by atoms with Crippen molar-refractivity contribution >= 4 is 11.8 Å². The van der Waals surface area contributed by atoms with E-state index in [0.29, 0.717) is 0 Å². The highest BCUT2D eigenvalue weighted by atomic mass is 35.5. The molecule has 0 unspecified atom stereocenters. The normalized spacial score (nSPS) is 5.25. The smallest absolute Gasteiger partial charge is 0.0305 e. The van der Waals surface area contributed by atoms with E-state index < -0.39 is 0 Å². The van der Waals surface area contributed by atoms with E-state index in [-0.39, 0.29) is 0 Å². The Kier molecular flexibility index (Phi) is 2.48. The Morgan fingerprint density at radius 3 is 2.25 bits per heavy atom. The van der Waals surface area contributed by atoms with Crippen LogP contribution in [-0.4, -0.2) is 0 Å². The molecule has 0 aliphatic heterocycles. The third kappa shape index (κ3) is 1.69. The molecule has 0 saturated heterocycles. The lowest BCUT2D eigenvalue weighted by Gasteiger charge is -1.60. The Morgan fingerprint density at radius 2 is 2.25 bits per heavy atom. The molecule has 0 atom stereocenters. The van der Waals surface area contributed by atoms with Crippen molar-refractivity contribution in [1.82, 2.24) is 10.5 Å². The molecule has 0 bridgehead atoms. The van der Waals surface area contributed by atoms with Crippen LogP contribution in [0.3, 0.4) is 0 Å². The Hall–Kier alpha value is -0.310. The van der Waals surface area contributed by atoms with Gasteiger partial charge in [0.1, 0.15) is 0 Å². The van der Waals surface area contributed by atoms with Crippen molar-refractivity contribution in [3.63, 3.8) is 0 Å². The fourth-order valence-corrected chi connectivity index (χ4v) is 0. The highest BCUT2D eigenvalue weighted by molar-refractivity contribution is 6.13. The number of nitrogens with one attached hydrogen (secondary N) is 1. The topological polar surface area (TPSA) is 46.7 Å². The zero-order valence-electron chi connectivity index (χ0n) is 1.77. The van der Waals surface area contributed by atoms with Crippen molar-refractivity contribution < 1.29 is 0 Å². The van der Waals surface area contributed by atoms with Gasteiger partial charge in [0.05, 0.1) is 0 Å². The molecule has 4 heteroatoms. The summed E-state index contributed by atoms with van der Waals surface area (Å²) in [4.78, 5) is 1.58. The van der Waals surface area contributed by atoms with Gasteiger partial charge in [0, 0.05) is 11.8 Å². The van der Waals surface area contributed by atoms with Gasteiger partial charge in [-0.1, -0.05) is 0 Å². The zero-order valence-corrected chi connectivity index (χ0v) is 2.53. The molecule has 4 heavy (non-hydrogen) atoms. The van der Waals surface area contributed by atoms with Crippen LogP contribution in [0, 0.1) is 0 Å². The molecule has 0 aliphatic rings. The Bertz CT molecular complexity index is 17.2. The van der Waals surface area contributed by atoms with Crippen molar-refractivity contribution in [3.05, 3.63) is 0 Å². The minimum atomic E-state index is 1.58. The van der Waals surface area contributed by atoms with E-state index in [1.54, 1.807) is 4.94 Å². The van der Waals surface area contributed by atoms with E-state index in [0.717, 1.165) is 0 Å². The van der Waals surface area contributed by atoms with Crippen LogP contribution in [0.15, 0.2) is 5.22 Å². The fourth-order valence-electron chi connectivity index (χ4n) is 0. The molecule has 0 saturated carbocycles. The van der Waals surface area contributed by atoms with E-state index in [4.69, 9.17) is 5.53 Å². The van der Waals surface area contributed by atoms with E-state index in [9.17, 15) is 0 Å². The maximum atomic E-state index is 7.26. The van der Waals surface area contributed by atoms with Crippen LogP contribution in [0.2, 0.25) is 0 Å². The lowest BCUT2D eigenvalue weighted by Crippen LogP contribution is -1.76. The molecule has 0 aliphatic carbocycles. The summed E-state index contributed by atoms with van der Waals surface area (Å²) in [6, 6.07) is 0. The zero-order chi connectivity index (χ0) is 3.41. The molecule has 0 rings (SSSR count). The molecule has 23 valence electrons. The standard InChI is InChI=1S/ClHN3/c1-3-4-2/h3H. The molecule has 0 heterocycles. The monoisotopic (exact) mass is 78.0 g/mol. The number of rotatable bonds is 1. The van der Waals surface area contributed by atoms with Crippen LogP contribution in [-0.2, 0) is 0 Å². The first-order valence-corrected chi connectivity index (χ1v) is 0.991. The van der Waals surface area contributed by atoms with E-state index in [2.05, 4.69) is 17.0 Å².